The number of hydrogen-bond acceptors (Lipinski definition) is 7. The van der Waals surface area contributed by atoms with Gasteiger partial charge in [0.25, 0.3) is 0 Å². The smallest absolute Gasteiger partial charge is 0.207 e. The molecule has 1 fully saturated rings. The monoisotopic (exact) mass is 555 g/mol. The maximum absolute atomic E-state index is 13.3. The van der Waals surface area contributed by atoms with Crippen LogP contribution in [0.25, 0.3) is 0 Å². The van der Waals surface area contributed by atoms with Crippen LogP contribution in [0.3, 0.4) is 0 Å². The van der Waals surface area contributed by atoms with Gasteiger partial charge in [-0.05, 0) is 11.8 Å². The Morgan fingerprint density at radius 1 is 0.775 bits per heavy atom. The summed E-state index contributed by atoms with van der Waals surface area (Å²) in [5.41, 5.74) is 0.925. The third kappa shape index (κ3) is 6.72. The molecule has 2 aliphatic carbocycles. The Balaban J connectivity index is 1.98. The molecule has 0 bridgehead atoms. The van der Waals surface area contributed by atoms with Crippen molar-refractivity contribution in [3.63, 3.8) is 0 Å². The van der Waals surface area contributed by atoms with Gasteiger partial charge in [0.2, 0.25) is 5.71 Å². The van der Waals surface area contributed by atoms with Crippen molar-refractivity contribution in [2.75, 3.05) is 31.1 Å². The van der Waals surface area contributed by atoms with Crippen LogP contribution in [0.5, 0.6) is 11.5 Å². The molecule has 0 radical (unpaired) electrons. The number of Topliss-reactive ketones (excluding diaryl/α,β-unsaturated/α-hetero) is 1. The van der Waals surface area contributed by atoms with E-state index in [0.717, 1.165) is 26.2 Å². The van der Waals surface area contributed by atoms with Crippen molar-refractivity contribution >= 4 is 17.2 Å². The number of ketones is 1. The lowest BCUT2D eigenvalue weighted by atomic mass is 9.68. The minimum absolute atomic E-state index is 0.0605. The molecule has 40 heavy (non-hydrogen) atoms. The van der Waals surface area contributed by atoms with Gasteiger partial charge in [0.05, 0.1) is 29.7 Å². The molecule has 0 spiro atoms. The van der Waals surface area contributed by atoms with E-state index in [2.05, 4.69) is 64.9 Å². The number of carbonyl (C=O) groups is 1. The molecule has 1 aromatic carbocycles. The first-order chi connectivity index (χ1) is 18.6. The molecule has 0 heterocycles. The number of aliphatic hydroxyl groups excluding tert-OH is 3. The summed E-state index contributed by atoms with van der Waals surface area (Å²) in [5, 5.41) is 54.6. The Kier molecular flexibility index (Phi) is 9.77. The number of phenolic OH excluding ortho intramolecular Hbond substituents is 2. The van der Waals surface area contributed by atoms with E-state index in [9.17, 15) is 30.3 Å². The molecule has 0 aliphatic heterocycles. The van der Waals surface area contributed by atoms with E-state index in [4.69, 9.17) is 0 Å². The standard InChI is InChI=1S/C32H46N2O6/c1-17(2)13-33(14-18(3)4)21-9-23(35)27(24(36)10-21)29-31(39)30(32(29)40)28-25(37)11-22(12-26(28)38)34(15-19(5)6)16-20(7)8/h9-12,17-20,29,31,39H,13-16H2,1-8H3,(H3,35,36,37,38)/p+1. The van der Waals surface area contributed by atoms with Crippen LogP contribution < -0.4 is 4.90 Å². The summed E-state index contributed by atoms with van der Waals surface area (Å²) in [4.78, 5) is 15.4. The highest BCUT2D eigenvalue weighted by molar-refractivity contribution is 6.13. The Hall–Kier alpha value is -3.26. The third-order valence-electron chi connectivity index (χ3n) is 7.01. The third-order valence-corrected chi connectivity index (χ3v) is 7.01. The lowest BCUT2D eigenvalue weighted by molar-refractivity contribution is -0.538. The predicted molar refractivity (Wildman–Crippen MR) is 159 cm³/mol. The number of hydrogen-bond donors (Lipinski definition) is 5. The summed E-state index contributed by atoms with van der Waals surface area (Å²) in [6.07, 6.45) is 1.58. The molecule has 3 rings (SSSR count). The van der Waals surface area contributed by atoms with Crippen molar-refractivity contribution in [3.8, 4) is 11.5 Å². The van der Waals surface area contributed by atoms with E-state index in [1.54, 1.807) is 0 Å². The largest absolute Gasteiger partial charge is 0.507 e. The highest BCUT2D eigenvalue weighted by Gasteiger charge is 2.50. The zero-order valence-electron chi connectivity index (χ0n) is 25.1. The van der Waals surface area contributed by atoms with Gasteiger partial charge in [0, 0.05) is 53.9 Å². The minimum atomic E-state index is -1.43. The maximum Gasteiger partial charge on any atom is 0.207 e. The first-order valence-electron chi connectivity index (χ1n) is 14.3. The van der Waals surface area contributed by atoms with Gasteiger partial charge in [-0.25, -0.2) is 4.58 Å². The Labute approximate surface area is 238 Å². The van der Waals surface area contributed by atoms with Gasteiger partial charge in [-0.15, -0.1) is 0 Å². The van der Waals surface area contributed by atoms with Crippen LogP contribution in [-0.2, 0) is 4.79 Å². The quantitative estimate of drug-likeness (QED) is 0.198. The van der Waals surface area contributed by atoms with Gasteiger partial charge in [-0.3, -0.25) is 4.79 Å². The lowest BCUT2D eigenvalue weighted by Crippen LogP contribution is -2.44. The van der Waals surface area contributed by atoms with Crippen LogP contribution in [0.1, 0.15) is 66.9 Å². The molecule has 2 atom stereocenters. The van der Waals surface area contributed by atoms with E-state index >= 15 is 0 Å². The summed E-state index contributed by atoms with van der Waals surface area (Å²) in [7, 11) is 0. The van der Waals surface area contributed by atoms with E-state index in [-0.39, 0.29) is 39.7 Å². The number of carbonyl (C=O) groups excluding carboxylic acids is 1. The fourth-order valence-electron chi connectivity index (χ4n) is 5.59. The Bertz CT molecular complexity index is 1180. The second kappa shape index (κ2) is 12.5. The molecule has 1 saturated carbocycles. The Morgan fingerprint density at radius 3 is 1.60 bits per heavy atom. The molecule has 5 N–H and O–H groups in total. The van der Waals surface area contributed by atoms with Crippen LogP contribution >= 0.6 is 0 Å². The molecule has 8 heteroatoms. The van der Waals surface area contributed by atoms with Crippen molar-refractivity contribution in [2.45, 2.75) is 67.4 Å². The molecule has 2 aliphatic rings. The van der Waals surface area contributed by atoms with Crippen molar-refractivity contribution < 1.29 is 34.9 Å². The van der Waals surface area contributed by atoms with Crippen LogP contribution in [0.15, 0.2) is 46.9 Å². The van der Waals surface area contributed by atoms with Crippen molar-refractivity contribution in [1.29, 1.82) is 0 Å². The van der Waals surface area contributed by atoms with Crippen LogP contribution in [-0.4, -0.2) is 73.9 Å². The highest BCUT2D eigenvalue weighted by atomic mass is 16.3. The van der Waals surface area contributed by atoms with Gasteiger partial charge in [0.1, 0.15) is 36.1 Å². The number of nitrogens with zero attached hydrogens (tertiary/aromatic N) is 2. The van der Waals surface area contributed by atoms with E-state index in [1.165, 1.54) is 24.3 Å². The Morgan fingerprint density at radius 2 is 1.23 bits per heavy atom. The highest BCUT2D eigenvalue weighted by Crippen LogP contribution is 2.49. The number of rotatable bonds is 10. The van der Waals surface area contributed by atoms with Gasteiger partial charge >= 0.3 is 0 Å². The van der Waals surface area contributed by atoms with Crippen molar-refractivity contribution in [1.82, 2.24) is 0 Å². The SMILES string of the molecule is CC(C)CN(CC(C)C)c1cc(O)c(C2C(=O)C(=C3C(O)=CC(=[N+](CC(C)C)CC(C)C)C=C3O)C2O)c(O)c1. The van der Waals surface area contributed by atoms with Crippen LogP contribution in [0.2, 0.25) is 0 Å². The molecule has 1 aromatic rings. The van der Waals surface area contributed by atoms with E-state index in [0.29, 0.717) is 35.1 Å². The number of phenols is 2. The lowest BCUT2D eigenvalue weighted by Gasteiger charge is -2.37. The number of aromatic hydroxyl groups is 2. The maximum atomic E-state index is 13.3. The molecule has 0 aromatic heterocycles. The van der Waals surface area contributed by atoms with E-state index < -0.39 is 17.8 Å². The first kappa shape index (κ1) is 31.3. The fraction of sp³-hybridized carbons (Fsp3) is 0.562. The molecule has 8 nitrogen and oxygen atoms in total. The normalized spacial score (nSPS) is 19.5. The van der Waals surface area contributed by atoms with Crippen LogP contribution in [0, 0.1) is 23.7 Å². The van der Waals surface area contributed by atoms with Gasteiger partial charge in [-0.1, -0.05) is 55.4 Å². The summed E-state index contributed by atoms with van der Waals surface area (Å²) in [6.45, 7) is 19.6. The van der Waals surface area contributed by atoms with Crippen LogP contribution in [0.4, 0.5) is 5.69 Å². The summed E-state index contributed by atoms with van der Waals surface area (Å²) in [5.74, 6) is -1.59. The van der Waals surface area contributed by atoms with Gasteiger partial charge in [-0.2, -0.15) is 0 Å². The average Bonchev–Trinajstić information content (AvgIpc) is 2.81. The average molecular weight is 556 g/mol. The molecule has 220 valence electrons. The summed E-state index contributed by atoms with van der Waals surface area (Å²) >= 11 is 0. The van der Waals surface area contributed by atoms with E-state index in [1.807, 2.05) is 0 Å². The zero-order chi connectivity index (χ0) is 30.0. The number of benzene rings is 1. The van der Waals surface area contributed by atoms with Gasteiger partial charge in [0.15, 0.2) is 5.78 Å². The van der Waals surface area contributed by atoms with Crippen molar-refractivity contribution in [2.24, 2.45) is 23.7 Å². The summed E-state index contributed by atoms with van der Waals surface area (Å²) in [6, 6.07) is 3.03. The second-order valence-corrected chi connectivity index (χ2v) is 12.8. The van der Waals surface area contributed by atoms with Gasteiger partial charge < -0.3 is 30.4 Å². The minimum Gasteiger partial charge on any atom is -0.507 e. The molecule has 0 saturated heterocycles. The predicted octanol–water partition coefficient (Wildman–Crippen LogP) is 5.20. The number of aliphatic hydroxyl groups is 3. The molecule has 0 amide bonds. The molecular formula is C32H47N2O6+. The summed E-state index contributed by atoms with van der Waals surface area (Å²) < 4.78 is 2.07. The zero-order valence-corrected chi connectivity index (χ0v) is 25.1. The fourth-order valence-corrected chi connectivity index (χ4v) is 5.59. The van der Waals surface area contributed by atoms with Crippen molar-refractivity contribution in [3.05, 3.63) is 52.5 Å². The molecular weight excluding hydrogens is 508 g/mol. The number of allylic oxidation sites excluding steroid dienone is 2. The second-order valence-electron chi connectivity index (χ2n) is 12.8. The molecule has 2 unspecified atom stereocenters. The first-order valence-corrected chi connectivity index (χ1v) is 14.3. The number of anilines is 1. The topological polar surface area (TPSA) is 124 Å².